The third-order valence-electron chi connectivity index (χ3n) is 3.02. The molecule has 90 valence electrons. The number of hydrogen-bond donors (Lipinski definition) is 1. The molecule has 0 amide bonds. The smallest absolute Gasteiger partial charge is 0.126 e. The minimum atomic E-state index is -0.0468. The lowest BCUT2D eigenvalue weighted by Crippen LogP contribution is -2.39. The first kappa shape index (κ1) is 13.8. The highest BCUT2D eigenvalue weighted by atomic mass is 79.9. The highest BCUT2D eigenvalue weighted by Gasteiger charge is 2.25. The monoisotopic (exact) mass is 304 g/mol. The normalized spacial score (nSPS) is 11.6. The maximum atomic E-state index is 6.05. The molecule has 0 atom stereocenters. The predicted octanol–water partition coefficient (Wildman–Crippen LogP) is 4.36. The highest BCUT2D eigenvalue weighted by Crippen LogP contribution is 2.24. The van der Waals surface area contributed by atoms with Crippen LogP contribution in [-0.2, 0) is 0 Å². The zero-order valence-electron chi connectivity index (χ0n) is 9.98. The molecule has 0 aliphatic heterocycles. The summed E-state index contributed by atoms with van der Waals surface area (Å²) in [5.41, 5.74) is 0.940. The van der Waals surface area contributed by atoms with E-state index in [-0.39, 0.29) is 5.54 Å². The van der Waals surface area contributed by atoms with Gasteiger partial charge in [-0.25, -0.2) is 4.98 Å². The second-order valence-electron chi connectivity index (χ2n) is 4.01. The largest absolute Gasteiger partial charge is 0.363 e. The van der Waals surface area contributed by atoms with E-state index in [0.29, 0.717) is 5.88 Å². The van der Waals surface area contributed by atoms with Crippen LogP contribution in [0.2, 0.25) is 0 Å². The molecule has 0 aliphatic carbocycles. The Kier molecular flexibility index (Phi) is 5.06. The van der Waals surface area contributed by atoms with Crippen LogP contribution in [0.4, 0.5) is 5.82 Å². The van der Waals surface area contributed by atoms with Gasteiger partial charge in [0.15, 0.2) is 0 Å². The van der Waals surface area contributed by atoms with Gasteiger partial charge in [-0.05, 0) is 47.8 Å². The van der Waals surface area contributed by atoms with E-state index < -0.39 is 0 Å². The van der Waals surface area contributed by atoms with Crippen molar-refractivity contribution in [1.29, 1.82) is 0 Å². The Bertz CT molecular complexity index is 343. The van der Waals surface area contributed by atoms with Crippen LogP contribution < -0.4 is 5.32 Å². The van der Waals surface area contributed by atoms with Gasteiger partial charge in [0.05, 0.1) is 11.2 Å². The van der Waals surface area contributed by atoms with E-state index in [0.717, 1.165) is 28.8 Å². The van der Waals surface area contributed by atoms with Crippen molar-refractivity contribution in [3.05, 3.63) is 22.3 Å². The Balaban J connectivity index is 2.89. The molecule has 4 heteroatoms. The number of pyridine rings is 1. The first-order chi connectivity index (χ1) is 7.56. The Morgan fingerprint density at radius 3 is 2.44 bits per heavy atom. The van der Waals surface area contributed by atoms with Crippen molar-refractivity contribution in [3.8, 4) is 0 Å². The number of aromatic nitrogens is 1. The van der Waals surface area contributed by atoms with Crippen LogP contribution >= 0.6 is 27.5 Å². The fourth-order valence-corrected chi connectivity index (χ4v) is 2.20. The van der Waals surface area contributed by atoms with Gasteiger partial charge in [-0.3, -0.25) is 0 Å². The topological polar surface area (TPSA) is 24.9 Å². The third kappa shape index (κ3) is 3.11. The van der Waals surface area contributed by atoms with Gasteiger partial charge in [0.1, 0.15) is 5.82 Å². The van der Waals surface area contributed by atoms with Gasteiger partial charge in [0.25, 0.3) is 0 Å². The third-order valence-corrected chi connectivity index (χ3v) is 4.37. The van der Waals surface area contributed by atoms with E-state index in [1.54, 1.807) is 0 Å². The van der Waals surface area contributed by atoms with Crippen LogP contribution in [0.5, 0.6) is 0 Å². The van der Waals surface area contributed by atoms with Crippen molar-refractivity contribution in [1.82, 2.24) is 4.98 Å². The van der Waals surface area contributed by atoms with Crippen molar-refractivity contribution in [2.24, 2.45) is 0 Å². The molecule has 0 fully saturated rings. The van der Waals surface area contributed by atoms with E-state index in [1.807, 2.05) is 19.1 Å². The predicted molar refractivity (Wildman–Crippen MR) is 74.3 cm³/mol. The molecule has 1 rings (SSSR count). The average Bonchev–Trinajstić information content (AvgIpc) is 2.31. The Hall–Kier alpha value is -0.280. The molecule has 1 N–H and O–H groups in total. The minimum absolute atomic E-state index is 0.0468. The van der Waals surface area contributed by atoms with Gasteiger partial charge in [-0.2, -0.15) is 0 Å². The number of aryl methyl sites for hydroxylation is 1. The molecule has 1 heterocycles. The van der Waals surface area contributed by atoms with Crippen molar-refractivity contribution >= 4 is 33.3 Å². The van der Waals surface area contributed by atoms with E-state index in [1.165, 1.54) is 0 Å². The summed E-state index contributed by atoms with van der Waals surface area (Å²) in [6.07, 6.45) is 1.98. The van der Waals surface area contributed by atoms with Crippen molar-refractivity contribution in [2.75, 3.05) is 11.2 Å². The number of nitrogens with one attached hydrogen (secondary N) is 1. The number of rotatable bonds is 5. The number of halogens is 2. The number of alkyl halides is 1. The summed E-state index contributed by atoms with van der Waals surface area (Å²) in [6, 6.07) is 3.98. The molecule has 0 saturated carbocycles. The molecule has 0 bridgehead atoms. The molecule has 0 unspecified atom stereocenters. The summed E-state index contributed by atoms with van der Waals surface area (Å²) >= 11 is 9.49. The molecule has 1 aromatic rings. The zero-order chi connectivity index (χ0) is 12.2. The van der Waals surface area contributed by atoms with Crippen LogP contribution in [0.25, 0.3) is 0 Å². The van der Waals surface area contributed by atoms with Crippen molar-refractivity contribution < 1.29 is 0 Å². The molecular formula is C12H18BrClN2. The second kappa shape index (κ2) is 5.87. The van der Waals surface area contributed by atoms with Gasteiger partial charge in [0, 0.05) is 10.4 Å². The standard InChI is InChI=1S/C12H18BrClN2/c1-4-12(5-2,8-14)16-11-7-6-10(13)9(3)15-11/h6-7H,4-5,8H2,1-3H3,(H,15,16). The molecular weight excluding hydrogens is 288 g/mol. The van der Waals surface area contributed by atoms with Crippen molar-refractivity contribution in [2.45, 2.75) is 39.2 Å². The molecule has 0 aromatic carbocycles. The molecule has 0 spiro atoms. The summed E-state index contributed by atoms with van der Waals surface area (Å²) in [7, 11) is 0. The van der Waals surface area contributed by atoms with E-state index in [9.17, 15) is 0 Å². The van der Waals surface area contributed by atoms with Gasteiger partial charge in [-0.15, -0.1) is 11.6 Å². The SMILES string of the molecule is CCC(CC)(CCl)Nc1ccc(Br)c(C)n1. The van der Waals surface area contributed by atoms with Crippen LogP contribution in [0.15, 0.2) is 16.6 Å². The lowest BCUT2D eigenvalue weighted by atomic mass is 9.95. The fraction of sp³-hybridized carbons (Fsp3) is 0.583. The van der Waals surface area contributed by atoms with E-state index >= 15 is 0 Å². The Morgan fingerprint density at radius 1 is 1.38 bits per heavy atom. The number of nitrogens with zero attached hydrogens (tertiary/aromatic N) is 1. The van der Waals surface area contributed by atoms with E-state index in [4.69, 9.17) is 11.6 Å². The fourth-order valence-electron chi connectivity index (χ4n) is 1.53. The summed E-state index contributed by atoms with van der Waals surface area (Å²) in [6.45, 7) is 6.27. The maximum absolute atomic E-state index is 6.05. The van der Waals surface area contributed by atoms with Crippen LogP contribution in [-0.4, -0.2) is 16.4 Å². The first-order valence-electron chi connectivity index (χ1n) is 5.54. The Labute approximate surface area is 111 Å². The summed E-state index contributed by atoms with van der Waals surface area (Å²) < 4.78 is 1.03. The number of anilines is 1. The number of hydrogen-bond acceptors (Lipinski definition) is 2. The lowest BCUT2D eigenvalue weighted by molar-refractivity contribution is 0.482. The second-order valence-corrected chi connectivity index (χ2v) is 5.13. The lowest BCUT2D eigenvalue weighted by Gasteiger charge is -2.31. The molecule has 0 saturated heterocycles. The van der Waals surface area contributed by atoms with E-state index in [2.05, 4.69) is 40.1 Å². The summed E-state index contributed by atoms with van der Waals surface area (Å²) in [4.78, 5) is 4.48. The summed E-state index contributed by atoms with van der Waals surface area (Å²) in [5.74, 6) is 1.49. The van der Waals surface area contributed by atoms with Crippen LogP contribution in [0.1, 0.15) is 32.4 Å². The van der Waals surface area contributed by atoms with Gasteiger partial charge < -0.3 is 5.32 Å². The quantitative estimate of drug-likeness (QED) is 0.818. The van der Waals surface area contributed by atoms with Gasteiger partial charge >= 0.3 is 0 Å². The zero-order valence-corrected chi connectivity index (χ0v) is 12.3. The molecule has 16 heavy (non-hydrogen) atoms. The van der Waals surface area contributed by atoms with Gasteiger partial charge in [0.2, 0.25) is 0 Å². The summed E-state index contributed by atoms with van der Waals surface area (Å²) in [5, 5.41) is 3.45. The van der Waals surface area contributed by atoms with Crippen LogP contribution in [0, 0.1) is 6.92 Å². The molecule has 2 nitrogen and oxygen atoms in total. The first-order valence-corrected chi connectivity index (χ1v) is 6.87. The van der Waals surface area contributed by atoms with Gasteiger partial charge in [-0.1, -0.05) is 13.8 Å². The molecule has 1 aromatic heterocycles. The minimum Gasteiger partial charge on any atom is -0.363 e. The highest BCUT2D eigenvalue weighted by molar-refractivity contribution is 9.10. The Morgan fingerprint density at radius 2 is 2.00 bits per heavy atom. The maximum Gasteiger partial charge on any atom is 0.126 e. The van der Waals surface area contributed by atoms with Crippen LogP contribution in [0.3, 0.4) is 0 Å². The average molecular weight is 306 g/mol. The molecule has 0 aliphatic rings. The molecule has 0 radical (unpaired) electrons. The van der Waals surface area contributed by atoms with Crippen molar-refractivity contribution in [3.63, 3.8) is 0 Å².